The lowest BCUT2D eigenvalue weighted by Gasteiger charge is -2.25. The van der Waals surface area contributed by atoms with E-state index in [0.29, 0.717) is 40.4 Å². The van der Waals surface area contributed by atoms with E-state index in [1.807, 2.05) is 63.2 Å². The molecule has 0 saturated carbocycles. The number of hydrogen-bond acceptors (Lipinski definition) is 6. The molecule has 0 saturated heterocycles. The van der Waals surface area contributed by atoms with Crippen LogP contribution in [0.15, 0.2) is 63.6 Å². The first kappa shape index (κ1) is 22.7. The third-order valence-electron chi connectivity index (χ3n) is 5.26. The number of rotatable bonds is 8. The smallest absolute Gasteiger partial charge is 0.249 e. The zero-order valence-corrected chi connectivity index (χ0v) is 19.5. The number of halogens is 1. The highest BCUT2D eigenvalue weighted by atomic mass is 35.5. The Morgan fingerprint density at radius 3 is 2.52 bits per heavy atom. The number of amides is 1. The maximum absolute atomic E-state index is 13.0. The number of carbonyl (C=O) groups is 1. The van der Waals surface area contributed by atoms with Crippen molar-refractivity contribution in [1.29, 1.82) is 0 Å². The van der Waals surface area contributed by atoms with E-state index in [9.17, 15) is 4.79 Å². The third-order valence-corrected chi connectivity index (χ3v) is 5.59. The molecule has 2 aromatic heterocycles. The highest BCUT2D eigenvalue weighted by molar-refractivity contribution is 6.33. The molecule has 0 radical (unpaired) electrons. The Kier molecular flexibility index (Phi) is 6.89. The topological polar surface area (TPSA) is 85.3 Å². The number of oxazole rings is 1. The molecule has 2 heterocycles. The van der Waals surface area contributed by atoms with Crippen molar-refractivity contribution in [3.8, 4) is 22.8 Å². The van der Waals surface area contributed by atoms with Crippen LogP contribution in [-0.4, -0.2) is 32.0 Å². The molecule has 7 nitrogen and oxygen atoms in total. The minimum absolute atomic E-state index is 0.0409. The number of aryl methyl sites for hydroxylation is 2. The summed E-state index contributed by atoms with van der Waals surface area (Å²) in [6, 6.07) is 15.2. The van der Waals surface area contributed by atoms with E-state index in [1.54, 1.807) is 17.2 Å². The van der Waals surface area contributed by atoms with Crippen molar-refractivity contribution in [2.45, 2.75) is 46.2 Å². The quantitative estimate of drug-likeness (QED) is 0.331. The van der Waals surface area contributed by atoms with Crippen LogP contribution in [0.25, 0.3) is 22.8 Å². The van der Waals surface area contributed by atoms with Crippen molar-refractivity contribution in [2.24, 2.45) is 0 Å². The van der Waals surface area contributed by atoms with E-state index in [2.05, 4.69) is 15.2 Å². The standard InChI is InChI=1S/C25H25ClN4O3/c1-16(2)30(15-23-28-29-25(33-23)19-6-4-5-7-20(19)26)24(31)13-12-22-27-14-21(32-22)18-10-8-17(3)9-11-18/h4-11,14,16H,12-13,15H2,1-3H3. The molecular formula is C25H25ClN4O3. The molecule has 0 aliphatic heterocycles. The number of hydrogen-bond donors (Lipinski definition) is 0. The van der Waals surface area contributed by atoms with Gasteiger partial charge >= 0.3 is 0 Å². The van der Waals surface area contributed by atoms with E-state index < -0.39 is 0 Å². The van der Waals surface area contributed by atoms with E-state index >= 15 is 0 Å². The second-order valence-electron chi connectivity index (χ2n) is 8.08. The molecule has 8 heteroatoms. The van der Waals surface area contributed by atoms with Gasteiger partial charge in [0.2, 0.25) is 17.7 Å². The normalized spacial score (nSPS) is 11.2. The predicted octanol–water partition coefficient (Wildman–Crippen LogP) is 5.72. The molecule has 0 aliphatic rings. The Morgan fingerprint density at radius 2 is 1.79 bits per heavy atom. The van der Waals surface area contributed by atoms with Gasteiger partial charge in [0.15, 0.2) is 11.7 Å². The Balaban J connectivity index is 1.39. The van der Waals surface area contributed by atoms with Crippen molar-refractivity contribution in [3.63, 3.8) is 0 Å². The van der Waals surface area contributed by atoms with Gasteiger partial charge in [-0.2, -0.15) is 0 Å². The van der Waals surface area contributed by atoms with E-state index in [0.717, 1.165) is 5.56 Å². The van der Waals surface area contributed by atoms with Gasteiger partial charge in [-0.15, -0.1) is 10.2 Å². The number of aromatic nitrogens is 3. The highest BCUT2D eigenvalue weighted by Gasteiger charge is 2.22. The third kappa shape index (κ3) is 5.49. The summed E-state index contributed by atoms with van der Waals surface area (Å²) in [4.78, 5) is 19.0. The van der Waals surface area contributed by atoms with Crippen LogP contribution in [0.3, 0.4) is 0 Å². The number of nitrogens with zero attached hydrogens (tertiary/aromatic N) is 4. The molecule has 0 unspecified atom stereocenters. The summed E-state index contributed by atoms with van der Waals surface area (Å²) in [5.41, 5.74) is 2.80. The minimum Gasteiger partial charge on any atom is -0.441 e. The average molecular weight is 465 g/mol. The maximum Gasteiger partial charge on any atom is 0.249 e. The van der Waals surface area contributed by atoms with Crippen LogP contribution in [0.2, 0.25) is 5.02 Å². The van der Waals surface area contributed by atoms with Crippen molar-refractivity contribution >= 4 is 17.5 Å². The lowest BCUT2D eigenvalue weighted by atomic mass is 10.1. The van der Waals surface area contributed by atoms with Crippen LogP contribution < -0.4 is 0 Å². The molecule has 33 heavy (non-hydrogen) atoms. The SMILES string of the molecule is Cc1ccc(-c2cnc(CCC(=O)N(Cc3nnc(-c4ccccc4Cl)o3)C(C)C)o2)cc1. The van der Waals surface area contributed by atoms with Gasteiger partial charge in [0.05, 0.1) is 23.3 Å². The lowest BCUT2D eigenvalue weighted by Crippen LogP contribution is -2.36. The molecule has 4 aromatic rings. The Morgan fingerprint density at radius 1 is 1.03 bits per heavy atom. The van der Waals surface area contributed by atoms with Gasteiger partial charge in [-0.25, -0.2) is 4.98 Å². The van der Waals surface area contributed by atoms with Gasteiger partial charge in [-0.3, -0.25) is 4.79 Å². The molecule has 0 aliphatic carbocycles. The molecule has 4 rings (SSSR count). The molecule has 0 spiro atoms. The molecule has 0 N–H and O–H groups in total. The Bertz CT molecular complexity index is 1230. The number of benzene rings is 2. The summed E-state index contributed by atoms with van der Waals surface area (Å²) in [6.07, 6.45) is 2.36. The first-order valence-electron chi connectivity index (χ1n) is 10.8. The summed E-state index contributed by atoms with van der Waals surface area (Å²) in [5, 5.41) is 8.71. The summed E-state index contributed by atoms with van der Waals surface area (Å²) >= 11 is 6.21. The van der Waals surface area contributed by atoms with E-state index in [1.165, 1.54) is 5.56 Å². The van der Waals surface area contributed by atoms with Crippen molar-refractivity contribution in [1.82, 2.24) is 20.1 Å². The first-order chi connectivity index (χ1) is 15.9. The number of carbonyl (C=O) groups excluding carboxylic acids is 1. The molecule has 2 aromatic carbocycles. The summed E-state index contributed by atoms with van der Waals surface area (Å²) in [6.45, 7) is 6.15. The molecule has 0 atom stereocenters. The fourth-order valence-corrected chi connectivity index (χ4v) is 3.62. The van der Waals surface area contributed by atoms with Crippen LogP contribution in [0.5, 0.6) is 0 Å². The lowest BCUT2D eigenvalue weighted by molar-refractivity contribution is -0.134. The molecular weight excluding hydrogens is 440 g/mol. The molecule has 1 amide bonds. The zero-order valence-electron chi connectivity index (χ0n) is 18.8. The fourth-order valence-electron chi connectivity index (χ4n) is 3.40. The van der Waals surface area contributed by atoms with Gasteiger partial charge in [-0.05, 0) is 32.9 Å². The second-order valence-corrected chi connectivity index (χ2v) is 8.49. The Hall–Kier alpha value is -3.45. The van der Waals surface area contributed by atoms with E-state index in [4.69, 9.17) is 20.4 Å². The predicted molar refractivity (Wildman–Crippen MR) is 125 cm³/mol. The van der Waals surface area contributed by atoms with Crippen LogP contribution in [0.1, 0.15) is 37.6 Å². The first-order valence-corrected chi connectivity index (χ1v) is 11.2. The van der Waals surface area contributed by atoms with Crippen molar-refractivity contribution in [2.75, 3.05) is 0 Å². The monoisotopic (exact) mass is 464 g/mol. The largest absolute Gasteiger partial charge is 0.441 e. The van der Waals surface area contributed by atoms with Gasteiger partial charge in [0, 0.05) is 24.4 Å². The molecule has 0 fully saturated rings. The Labute approximate surface area is 197 Å². The van der Waals surface area contributed by atoms with Crippen LogP contribution >= 0.6 is 11.6 Å². The highest BCUT2D eigenvalue weighted by Crippen LogP contribution is 2.27. The van der Waals surface area contributed by atoms with Gasteiger partial charge in [0.1, 0.15) is 0 Å². The summed E-state index contributed by atoms with van der Waals surface area (Å²) in [7, 11) is 0. The maximum atomic E-state index is 13.0. The molecule has 170 valence electrons. The van der Waals surface area contributed by atoms with E-state index in [-0.39, 0.29) is 24.9 Å². The van der Waals surface area contributed by atoms with Gasteiger partial charge in [0.25, 0.3) is 0 Å². The molecule has 0 bridgehead atoms. The fraction of sp³-hybridized carbons (Fsp3) is 0.280. The van der Waals surface area contributed by atoms with Crippen molar-refractivity contribution < 1.29 is 13.6 Å². The van der Waals surface area contributed by atoms with Crippen LogP contribution in [-0.2, 0) is 17.8 Å². The summed E-state index contributed by atoms with van der Waals surface area (Å²) < 4.78 is 11.6. The van der Waals surface area contributed by atoms with Gasteiger partial charge in [-0.1, -0.05) is 53.6 Å². The van der Waals surface area contributed by atoms with Gasteiger partial charge < -0.3 is 13.7 Å². The summed E-state index contributed by atoms with van der Waals surface area (Å²) in [5.74, 6) is 1.86. The van der Waals surface area contributed by atoms with Crippen molar-refractivity contribution in [3.05, 3.63) is 77.1 Å². The average Bonchev–Trinajstić information content (AvgIpc) is 3.46. The van der Waals surface area contributed by atoms with Crippen LogP contribution in [0.4, 0.5) is 0 Å². The van der Waals surface area contributed by atoms with Crippen LogP contribution in [0, 0.1) is 6.92 Å². The zero-order chi connectivity index (χ0) is 23.4. The second kappa shape index (κ2) is 10.0. The minimum atomic E-state index is -0.0439.